The molecule has 1 aliphatic heterocycles. The zero-order valence-corrected chi connectivity index (χ0v) is 16.7. The molecule has 1 unspecified atom stereocenters. The Morgan fingerprint density at radius 3 is 2.85 bits per heavy atom. The van der Waals surface area contributed by atoms with Crippen molar-refractivity contribution in [3.63, 3.8) is 0 Å². The molecule has 1 aliphatic rings. The van der Waals surface area contributed by atoms with E-state index in [0.29, 0.717) is 24.6 Å². The molecule has 1 aromatic carbocycles. The molecular weight excluding hydrogens is 350 g/mol. The molecule has 1 aromatic rings. The Labute approximate surface area is 159 Å². The summed E-state index contributed by atoms with van der Waals surface area (Å²) >= 11 is 1.36. The van der Waals surface area contributed by atoms with Crippen LogP contribution in [0.2, 0.25) is 0 Å². The molecule has 26 heavy (non-hydrogen) atoms. The molecule has 0 saturated heterocycles. The normalized spacial score (nSPS) is 14.5. The third-order valence-corrected chi connectivity index (χ3v) is 4.89. The lowest BCUT2D eigenvalue weighted by Crippen LogP contribution is -2.40. The second-order valence-corrected chi connectivity index (χ2v) is 8.21. The molecule has 0 radical (unpaired) electrons. The largest absolute Gasteiger partial charge is 0.493 e. The number of hydrogen-bond acceptors (Lipinski definition) is 6. The minimum absolute atomic E-state index is 0.00539. The molecule has 1 amide bonds. The monoisotopic (exact) mass is 375 g/mol. The number of carbonyl (C=O) groups is 1. The minimum atomic E-state index is -0.506. The number of carbonyl (C=O) groups excluding carboxylic acids is 1. The first-order chi connectivity index (χ1) is 12.2. The van der Waals surface area contributed by atoms with Gasteiger partial charge in [0.2, 0.25) is 0 Å². The summed E-state index contributed by atoms with van der Waals surface area (Å²) in [5.41, 5.74) is 0.591. The van der Waals surface area contributed by atoms with E-state index in [0.717, 1.165) is 16.2 Å². The highest BCUT2D eigenvalue weighted by Crippen LogP contribution is 2.32. The van der Waals surface area contributed by atoms with Gasteiger partial charge in [0.1, 0.15) is 17.4 Å². The Morgan fingerprint density at radius 1 is 1.46 bits per heavy atom. The highest BCUT2D eigenvalue weighted by molar-refractivity contribution is 8.14. The molecule has 0 aliphatic carbocycles. The van der Waals surface area contributed by atoms with Gasteiger partial charge in [-0.1, -0.05) is 17.8 Å². The van der Waals surface area contributed by atoms with Crippen LogP contribution in [0.15, 0.2) is 28.1 Å². The number of nitriles is 1. The van der Waals surface area contributed by atoms with E-state index in [-0.39, 0.29) is 12.1 Å². The Bertz CT molecular complexity index is 735. The standard InChI is InChI=1S/C19H25N3O3S/c1-13(22(5)18(23)25-19(2,3)4)8-9-24-15-7-6-14-12-21-17(11-20)26-16(14)10-15/h6-7,10,13H,8-9,12H2,1-5H3. The van der Waals surface area contributed by atoms with E-state index in [1.807, 2.05) is 45.9 Å². The maximum Gasteiger partial charge on any atom is 0.410 e. The molecule has 1 heterocycles. The van der Waals surface area contributed by atoms with Crippen LogP contribution >= 0.6 is 11.8 Å². The summed E-state index contributed by atoms with van der Waals surface area (Å²) in [4.78, 5) is 18.9. The predicted molar refractivity (Wildman–Crippen MR) is 103 cm³/mol. The van der Waals surface area contributed by atoms with Crippen LogP contribution in [0.25, 0.3) is 0 Å². The first-order valence-corrected chi connectivity index (χ1v) is 9.35. The van der Waals surface area contributed by atoms with E-state index in [4.69, 9.17) is 14.7 Å². The van der Waals surface area contributed by atoms with Crippen molar-refractivity contribution in [3.05, 3.63) is 23.8 Å². The van der Waals surface area contributed by atoms with Gasteiger partial charge in [-0.3, -0.25) is 4.99 Å². The van der Waals surface area contributed by atoms with Crippen LogP contribution in [0, 0.1) is 11.3 Å². The zero-order chi connectivity index (χ0) is 19.3. The zero-order valence-electron chi connectivity index (χ0n) is 15.9. The van der Waals surface area contributed by atoms with Crippen LogP contribution in [0.4, 0.5) is 4.79 Å². The summed E-state index contributed by atoms with van der Waals surface area (Å²) in [6, 6.07) is 7.91. The molecular formula is C19H25N3O3S. The van der Waals surface area contributed by atoms with Gasteiger partial charge in [-0.2, -0.15) is 5.26 Å². The van der Waals surface area contributed by atoms with Crippen molar-refractivity contribution in [1.29, 1.82) is 5.26 Å². The number of aliphatic imine (C=N–C) groups is 1. The second-order valence-electron chi connectivity index (χ2n) is 7.18. The molecule has 7 heteroatoms. The van der Waals surface area contributed by atoms with E-state index in [1.165, 1.54) is 11.8 Å². The van der Waals surface area contributed by atoms with E-state index >= 15 is 0 Å². The average Bonchev–Trinajstić information content (AvgIpc) is 2.58. The fourth-order valence-electron chi connectivity index (χ4n) is 2.26. The topological polar surface area (TPSA) is 74.9 Å². The molecule has 0 spiro atoms. The van der Waals surface area contributed by atoms with Crippen LogP contribution in [0.3, 0.4) is 0 Å². The van der Waals surface area contributed by atoms with E-state index < -0.39 is 5.60 Å². The number of benzene rings is 1. The van der Waals surface area contributed by atoms with Crippen molar-refractivity contribution in [2.45, 2.75) is 57.2 Å². The van der Waals surface area contributed by atoms with Crippen LogP contribution in [-0.2, 0) is 11.3 Å². The highest BCUT2D eigenvalue weighted by atomic mass is 32.2. The number of rotatable bonds is 5. The molecule has 0 aromatic heterocycles. The fraction of sp³-hybridized carbons (Fsp3) is 0.526. The Kier molecular flexibility index (Phi) is 6.54. The third kappa shape index (κ3) is 5.67. The quantitative estimate of drug-likeness (QED) is 0.769. The molecule has 0 fully saturated rings. The summed E-state index contributed by atoms with van der Waals surface area (Å²) < 4.78 is 11.2. The molecule has 140 valence electrons. The maximum absolute atomic E-state index is 12.1. The lowest BCUT2D eigenvalue weighted by Gasteiger charge is -2.28. The highest BCUT2D eigenvalue weighted by Gasteiger charge is 2.23. The average molecular weight is 375 g/mol. The van der Waals surface area contributed by atoms with Crippen molar-refractivity contribution >= 4 is 22.9 Å². The Hall–Kier alpha value is -2.20. The first kappa shape index (κ1) is 20.1. The van der Waals surface area contributed by atoms with Crippen molar-refractivity contribution in [1.82, 2.24) is 4.90 Å². The molecule has 0 N–H and O–H groups in total. The number of fused-ring (bicyclic) bond motifs is 1. The van der Waals surface area contributed by atoms with Crippen molar-refractivity contribution < 1.29 is 14.3 Å². The number of hydrogen-bond donors (Lipinski definition) is 0. The van der Waals surface area contributed by atoms with Crippen molar-refractivity contribution in [3.8, 4) is 11.8 Å². The lowest BCUT2D eigenvalue weighted by atomic mass is 10.2. The van der Waals surface area contributed by atoms with Crippen LogP contribution in [0.5, 0.6) is 5.75 Å². The summed E-state index contributed by atoms with van der Waals surface area (Å²) in [6.07, 6.45) is 0.351. The summed E-state index contributed by atoms with van der Waals surface area (Å²) in [5, 5.41) is 9.45. The third-order valence-electron chi connectivity index (χ3n) is 3.88. The summed E-state index contributed by atoms with van der Waals surface area (Å²) in [5.74, 6) is 0.752. The number of thioether (sulfide) groups is 1. The number of ether oxygens (including phenoxy) is 2. The van der Waals surface area contributed by atoms with Gasteiger partial charge < -0.3 is 14.4 Å². The molecule has 1 atom stereocenters. The fourth-order valence-corrected chi connectivity index (χ4v) is 3.08. The molecule has 0 bridgehead atoms. The van der Waals surface area contributed by atoms with Gasteiger partial charge in [-0.05, 0) is 45.4 Å². The summed E-state index contributed by atoms with van der Waals surface area (Å²) in [7, 11) is 1.73. The van der Waals surface area contributed by atoms with E-state index in [9.17, 15) is 4.79 Å². The molecule has 0 saturated carbocycles. The molecule has 2 rings (SSSR count). The number of amides is 1. The van der Waals surface area contributed by atoms with Crippen LogP contribution < -0.4 is 4.74 Å². The second kappa shape index (κ2) is 8.45. The van der Waals surface area contributed by atoms with Gasteiger partial charge in [0.25, 0.3) is 0 Å². The minimum Gasteiger partial charge on any atom is -0.493 e. The summed E-state index contributed by atoms with van der Waals surface area (Å²) in [6.45, 7) is 8.53. The van der Waals surface area contributed by atoms with E-state index in [1.54, 1.807) is 11.9 Å². The molecule has 6 nitrogen and oxygen atoms in total. The van der Waals surface area contributed by atoms with Crippen LogP contribution in [-0.4, -0.2) is 41.3 Å². The maximum atomic E-state index is 12.1. The SMILES string of the molecule is CC(CCOc1ccc2c(c1)SC(C#N)=NC2)N(C)C(=O)OC(C)(C)C. The van der Waals surface area contributed by atoms with Crippen molar-refractivity contribution in [2.75, 3.05) is 13.7 Å². The predicted octanol–water partition coefficient (Wildman–Crippen LogP) is 4.24. The van der Waals surface area contributed by atoms with Crippen LogP contribution in [0.1, 0.15) is 39.7 Å². The Balaban J connectivity index is 1.85. The van der Waals surface area contributed by atoms with Gasteiger partial charge in [-0.15, -0.1) is 0 Å². The van der Waals surface area contributed by atoms with Gasteiger partial charge in [0.15, 0.2) is 5.04 Å². The lowest BCUT2D eigenvalue weighted by molar-refractivity contribution is 0.0220. The number of nitrogens with zero attached hydrogens (tertiary/aromatic N) is 3. The van der Waals surface area contributed by atoms with Gasteiger partial charge in [0.05, 0.1) is 13.2 Å². The Morgan fingerprint density at radius 2 is 2.19 bits per heavy atom. The van der Waals surface area contributed by atoms with Gasteiger partial charge in [-0.25, -0.2) is 4.79 Å². The van der Waals surface area contributed by atoms with Gasteiger partial charge >= 0.3 is 6.09 Å². The van der Waals surface area contributed by atoms with Gasteiger partial charge in [0, 0.05) is 24.4 Å². The first-order valence-electron chi connectivity index (χ1n) is 8.53. The van der Waals surface area contributed by atoms with E-state index in [2.05, 4.69) is 11.1 Å². The smallest absolute Gasteiger partial charge is 0.410 e. The van der Waals surface area contributed by atoms with Crippen molar-refractivity contribution in [2.24, 2.45) is 4.99 Å².